The van der Waals surface area contributed by atoms with Crippen molar-refractivity contribution >= 4 is 40.9 Å². The van der Waals surface area contributed by atoms with Crippen LogP contribution in [0.4, 0.5) is 11.4 Å². The molecule has 6 heteroatoms. The highest BCUT2D eigenvalue weighted by atomic mass is 32.2. The number of hydrogen-bond donors (Lipinski definition) is 1. The summed E-state index contributed by atoms with van der Waals surface area (Å²) < 4.78 is 4.92. The molecule has 4 nitrogen and oxygen atoms in total. The molecule has 1 unspecified atom stereocenters. The van der Waals surface area contributed by atoms with Crippen LogP contribution in [-0.4, -0.2) is 35.2 Å². The van der Waals surface area contributed by atoms with Crippen molar-refractivity contribution in [2.45, 2.75) is 55.4 Å². The van der Waals surface area contributed by atoms with Gasteiger partial charge in [0, 0.05) is 40.3 Å². The highest BCUT2D eigenvalue weighted by Crippen LogP contribution is 2.44. The van der Waals surface area contributed by atoms with E-state index in [0.717, 1.165) is 23.6 Å². The summed E-state index contributed by atoms with van der Waals surface area (Å²) in [4.78, 5) is 15.2. The number of benzene rings is 2. The number of hydrogen-bond acceptors (Lipinski definition) is 5. The maximum atomic E-state index is 11.5. The second-order valence-electron chi connectivity index (χ2n) is 8.50. The number of rotatable bonds is 9. The Morgan fingerprint density at radius 1 is 1.29 bits per heavy atom. The molecule has 1 heterocycles. The van der Waals surface area contributed by atoms with Gasteiger partial charge >= 0.3 is 5.97 Å². The van der Waals surface area contributed by atoms with E-state index in [9.17, 15) is 9.90 Å². The maximum absolute atomic E-state index is 11.5. The van der Waals surface area contributed by atoms with Crippen molar-refractivity contribution in [2.24, 2.45) is 5.92 Å². The molecule has 0 spiro atoms. The minimum absolute atomic E-state index is 0.598. The number of ether oxygens (including phenoxy) is 1. The lowest BCUT2D eigenvalue weighted by molar-refractivity contribution is -0.138. The molecule has 1 atom stereocenters. The Hall–Kier alpha value is -1.79. The van der Waals surface area contributed by atoms with Gasteiger partial charge in [0.2, 0.25) is 0 Å². The van der Waals surface area contributed by atoms with Crippen LogP contribution < -0.4 is 9.64 Å². The molecule has 1 aliphatic heterocycles. The Bertz CT molecular complexity index is 886. The number of carboxylic acid groups (broad SMARTS) is 1. The summed E-state index contributed by atoms with van der Waals surface area (Å²) in [5.74, 6) is 2.33. The van der Waals surface area contributed by atoms with Crippen LogP contribution in [0, 0.1) is 5.92 Å². The molecule has 3 rings (SSSR count). The average Bonchev–Trinajstić information content (AvgIpc) is 2.95. The number of carbonyl (C=O) groups is 1. The Labute approximate surface area is 194 Å². The first-order chi connectivity index (χ1) is 14.9. The molecule has 0 fully saturated rings. The van der Waals surface area contributed by atoms with E-state index in [1.807, 2.05) is 11.8 Å². The van der Waals surface area contributed by atoms with Crippen molar-refractivity contribution in [3.05, 3.63) is 48.0 Å². The van der Waals surface area contributed by atoms with Crippen molar-refractivity contribution < 1.29 is 14.6 Å². The highest BCUT2D eigenvalue weighted by molar-refractivity contribution is 8.00. The number of para-hydroxylation sites is 1. The molecular weight excluding hydrogens is 426 g/mol. The number of aliphatic carboxylic acids is 1. The Balaban J connectivity index is 1.97. The number of unbranched alkanes of at least 4 members (excludes halogenated alkanes) is 1. The summed E-state index contributed by atoms with van der Waals surface area (Å²) in [6.07, 6.45) is 3.70. The van der Waals surface area contributed by atoms with Gasteiger partial charge in [0.25, 0.3) is 0 Å². The Kier molecular flexibility index (Phi) is 8.23. The first-order valence-corrected chi connectivity index (χ1v) is 12.9. The van der Waals surface area contributed by atoms with Crippen LogP contribution in [0.5, 0.6) is 5.75 Å². The fraction of sp³-hybridized carbons (Fsp3) is 0.480. The summed E-state index contributed by atoms with van der Waals surface area (Å²) in [7, 11) is 1.69. The van der Waals surface area contributed by atoms with Crippen LogP contribution in [0.25, 0.3) is 0 Å². The van der Waals surface area contributed by atoms with Crippen LogP contribution in [0.1, 0.15) is 45.6 Å². The van der Waals surface area contributed by atoms with E-state index in [2.05, 4.69) is 54.3 Å². The SMILES string of the molecule is CCCCC1CSc2cc(CSC(C)(C)C(=O)O)c(OC)cc2N(c2ccccc2)C1. The largest absolute Gasteiger partial charge is 0.496 e. The fourth-order valence-electron chi connectivity index (χ4n) is 3.68. The van der Waals surface area contributed by atoms with Crippen molar-refractivity contribution in [3.63, 3.8) is 0 Å². The molecule has 0 amide bonds. The van der Waals surface area contributed by atoms with Crippen LogP contribution in [-0.2, 0) is 10.5 Å². The monoisotopic (exact) mass is 459 g/mol. The van der Waals surface area contributed by atoms with E-state index in [1.54, 1.807) is 21.0 Å². The second-order valence-corrected chi connectivity index (χ2v) is 11.2. The van der Waals surface area contributed by atoms with Gasteiger partial charge in [-0.1, -0.05) is 38.0 Å². The quantitative estimate of drug-likeness (QED) is 0.443. The zero-order chi connectivity index (χ0) is 22.4. The van der Waals surface area contributed by atoms with Crippen molar-refractivity contribution in [2.75, 3.05) is 24.3 Å². The molecule has 1 N–H and O–H groups in total. The molecular formula is C25H33NO3S2. The summed E-state index contributed by atoms with van der Waals surface area (Å²) >= 11 is 3.35. The topological polar surface area (TPSA) is 49.8 Å². The van der Waals surface area contributed by atoms with E-state index in [1.165, 1.54) is 47.3 Å². The standard InChI is InChI=1S/C25H33NO3S2/c1-5-6-10-18-15-26(20-11-8-7-9-12-20)21-14-22(29-4)19(13-23(21)30-16-18)17-31-25(2,3)24(27)28/h7-9,11-14,18H,5-6,10,15-17H2,1-4H3,(H,27,28). The van der Waals surface area contributed by atoms with Gasteiger partial charge in [0.15, 0.2) is 0 Å². The van der Waals surface area contributed by atoms with E-state index in [0.29, 0.717) is 11.7 Å². The third-order valence-corrected chi connectivity index (χ3v) is 8.33. The van der Waals surface area contributed by atoms with Crippen LogP contribution in [0.2, 0.25) is 0 Å². The number of nitrogens with zero attached hydrogens (tertiary/aromatic N) is 1. The third kappa shape index (κ3) is 5.92. The van der Waals surface area contributed by atoms with E-state index in [-0.39, 0.29) is 0 Å². The Morgan fingerprint density at radius 2 is 2.03 bits per heavy atom. The molecule has 0 aliphatic carbocycles. The fourth-order valence-corrected chi connectivity index (χ4v) is 5.77. The predicted molar refractivity (Wildman–Crippen MR) is 133 cm³/mol. The van der Waals surface area contributed by atoms with Crippen LogP contribution in [0.15, 0.2) is 47.4 Å². The van der Waals surface area contributed by atoms with Gasteiger partial charge in [-0.3, -0.25) is 4.79 Å². The minimum atomic E-state index is -0.841. The summed E-state index contributed by atoms with van der Waals surface area (Å²) in [5.41, 5.74) is 3.43. The molecule has 2 aromatic carbocycles. The van der Waals surface area contributed by atoms with Gasteiger partial charge < -0.3 is 14.7 Å². The smallest absolute Gasteiger partial charge is 0.319 e. The van der Waals surface area contributed by atoms with E-state index in [4.69, 9.17) is 4.74 Å². The van der Waals surface area contributed by atoms with Gasteiger partial charge in [0.05, 0.1) is 12.8 Å². The second kappa shape index (κ2) is 10.7. The zero-order valence-electron chi connectivity index (χ0n) is 18.9. The molecule has 0 radical (unpaired) electrons. The molecule has 1 aliphatic rings. The average molecular weight is 460 g/mol. The predicted octanol–water partition coefficient (Wildman–Crippen LogP) is 6.84. The molecule has 0 saturated heterocycles. The first-order valence-electron chi connectivity index (χ1n) is 10.9. The molecule has 2 aromatic rings. The van der Waals surface area contributed by atoms with Gasteiger partial charge in [-0.05, 0) is 44.4 Å². The van der Waals surface area contributed by atoms with Gasteiger partial charge in [-0.15, -0.1) is 23.5 Å². The zero-order valence-corrected chi connectivity index (χ0v) is 20.5. The summed E-state index contributed by atoms with van der Waals surface area (Å²) in [6, 6.07) is 14.9. The molecule has 0 aromatic heterocycles. The third-order valence-electron chi connectivity index (χ3n) is 5.71. The first kappa shape index (κ1) is 23.9. The van der Waals surface area contributed by atoms with Crippen molar-refractivity contribution in [1.82, 2.24) is 0 Å². The summed E-state index contributed by atoms with van der Waals surface area (Å²) in [6.45, 7) is 6.74. The normalized spacial score (nSPS) is 16.5. The maximum Gasteiger partial charge on any atom is 0.319 e. The Morgan fingerprint density at radius 3 is 2.68 bits per heavy atom. The van der Waals surface area contributed by atoms with Crippen molar-refractivity contribution in [1.29, 1.82) is 0 Å². The lowest BCUT2D eigenvalue weighted by Crippen LogP contribution is -2.27. The number of fused-ring (bicyclic) bond motifs is 1. The van der Waals surface area contributed by atoms with E-state index >= 15 is 0 Å². The number of anilines is 2. The number of carboxylic acids is 1. The minimum Gasteiger partial charge on any atom is -0.496 e. The summed E-state index contributed by atoms with van der Waals surface area (Å²) in [5, 5.41) is 9.47. The molecule has 0 bridgehead atoms. The van der Waals surface area contributed by atoms with Gasteiger partial charge in [-0.25, -0.2) is 0 Å². The number of methoxy groups -OCH3 is 1. The molecule has 168 valence electrons. The van der Waals surface area contributed by atoms with E-state index < -0.39 is 10.7 Å². The van der Waals surface area contributed by atoms with Crippen molar-refractivity contribution in [3.8, 4) is 5.75 Å². The van der Waals surface area contributed by atoms with Gasteiger partial charge in [0.1, 0.15) is 10.5 Å². The lowest BCUT2D eigenvalue weighted by Gasteiger charge is -2.28. The highest BCUT2D eigenvalue weighted by Gasteiger charge is 2.29. The lowest BCUT2D eigenvalue weighted by atomic mass is 10.0. The van der Waals surface area contributed by atoms with Gasteiger partial charge in [-0.2, -0.15) is 0 Å². The van der Waals surface area contributed by atoms with Crippen LogP contribution in [0.3, 0.4) is 0 Å². The molecule has 0 saturated carbocycles. The number of thioether (sulfide) groups is 2. The molecule has 31 heavy (non-hydrogen) atoms. The van der Waals surface area contributed by atoms with Crippen LogP contribution >= 0.6 is 23.5 Å².